The molecule has 2 N–H and O–H groups in total. The molecular formula is C16H21FN2O4. The molecule has 23 heavy (non-hydrogen) atoms. The fraction of sp³-hybridized carbons (Fsp3) is 0.500. The number of nitrogens with one attached hydrogen (secondary N) is 1. The molecule has 1 unspecified atom stereocenters. The Kier molecular flexibility index (Phi) is 4.89. The Morgan fingerprint density at radius 1 is 1.39 bits per heavy atom. The number of carbonyl (C=O) groups excluding carboxylic acids is 1. The molecule has 126 valence electrons. The molecule has 1 aliphatic rings. The molecule has 0 aliphatic carbocycles. The van der Waals surface area contributed by atoms with Crippen molar-refractivity contribution in [3.8, 4) is 0 Å². The average Bonchev–Trinajstić information content (AvgIpc) is 2.33. The van der Waals surface area contributed by atoms with E-state index in [1.54, 1.807) is 31.7 Å². The Morgan fingerprint density at radius 2 is 2.04 bits per heavy atom. The molecule has 2 rings (SSSR count). The second-order valence-corrected chi connectivity index (χ2v) is 6.59. The maximum Gasteiger partial charge on any atom is 0.407 e. The molecule has 0 radical (unpaired) electrons. The van der Waals surface area contributed by atoms with Gasteiger partial charge in [0.05, 0.1) is 6.04 Å². The minimum atomic E-state index is -1.05. The van der Waals surface area contributed by atoms with E-state index in [-0.39, 0.29) is 6.04 Å². The van der Waals surface area contributed by atoms with Crippen LogP contribution in [0.15, 0.2) is 24.3 Å². The summed E-state index contributed by atoms with van der Waals surface area (Å²) in [6.45, 7) is 6.04. The average molecular weight is 324 g/mol. The standard InChI is InChI=1S/C16H21FN2O4/c1-16(2,3)23-15(22)18-12-8-19(9-12)13(14(20)21)10-5-4-6-11(17)7-10/h4-7,12-13H,8-9H2,1-3H3,(H,18,22)(H,20,21). The van der Waals surface area contributed by atoms with Gasteiger partial charge in [-0.25, -0.2) is 9.18 Å². The quantitative estimate of drug-likeness (QED) is 0.887. The van der Waals surface area contributed by atoms with Gasteiger partial charge in [-0.3, -0.25) is 9.69 Å². The molecule has 7 heteroatoms. The fourth-order valence-corrected chi connectivity index (χ4v) is 2.48. The third-order valence-electron chi connectivity index (χ3n) is 3.39. The maximum atomic E-state index is 13.3. The van der Waals surface area contributed by atoms with E-state index in [0.717, 1.165) is 0 Å². The van der Waals surface area contributed by atoms with Crippen LogP contribution in [0.1, 0.15) is 32.4 Å². The smallest absolute Gasteiger partial charge is 0.407 e. The van der Waals surface area contributed by atoms with Crippen LogP contribution in [0.2, 0.25) is 0 Å². The minimum Gasteiger partial charge on any atom is -0.480 e. The van der Waals surface area contributed by atoms with Crippen LogP contribution in [0.3, 0.4) is 0 Å². The van der Waals surface area contributed by atoms with Crippen molar-refractivity contribution < 1.29 is 23.8 Å². The molecule has 0 aromatic heterocycles. The number of alkyl carbamates (subject to hydrolysis) is 1. The summed E-state index contributed by atoms with van der Waals surface area (Å²) in [6, 6.07) is 4.44. The monoisotopic (exact) mass is 324 g/mol. The number of likely N-dealkylation sites (tertiary alicyclic amines) is 1. The van der Waals surface area contributed by atoms with Crippen LogP contribution in [-0.4, -0.2) is 46.8 Å². The van der Waals surface area contributed by atoms with Crippen molar-refractivity contribution in [2.24, 2.45) is 0 Å². The number of hydrogen-bond donors (Lipinski definition) is 2. The zero-order valence-electron chi connectivity index (χ0n) is 13.4. The van der Waals surface area contributed by atoms with Crippen molar-refractivity contribution in [3.05, 3.63) is 35.6 Å². The van der Waals surface area contributed by atoms with Crippen molar-refractivity contribution in [3.63, 3.8) is 0 Å². The first-order valence-electron chi connectivity index (χ1n) is 7.37. The number of carboxylic acid groups (broad SMARTS) is 1. The van der Waals surface area contributed by atoms with Gasteiger partial charge in [-0.2, -0.15) is 0 Å². The highest BCUT2D eigenvalue weighted by molar-refractivity contribution is 5.76. The highest BCUT2D eigenvalue weighted by atomic mass is 19.1. The predicted octanol–water partition coefficient (Wildman–Crippen LogP) is 2.16. The van der Waals surface area contributed by atoms with Crippen LogP contribution in [0.4, 0.5) is 9.18 Å². The largest absolute Gasteiger partial charge is 0.480 e. The number of nitrogens with zero attached hydrogens (tertiary/aromatic N) is 1. The number of benzene rings is 1. The van der Waals surface area contributed by atoms with Gasteiger partial charge in [0.15, 0.2) is 0 Å². The number of carboxylic acids is 1. The van der Waals surface area contributed by atoms with Gasteiger partial charge in [-0.05, 0) is 38.5 Å². The minimum absolute atomic E-state index is 0.180. The van der Waals surface area contributed by atoms with Gasteiger partial charge in [0.1, 0.15) is 17.5 Å². The van der Waals surface area contributed by atoms with E-state index in [4.69, 9.17) is 4.74 Å². The van der Waals surface area contributed by atoms with E-state index in [9.17, 15) is 19.1 Å². The van der Waals surface area contributed by atoms with Gasteiger partial charge in [0.25, 0.3) is 0 Å². The molecule has 1 amide bonds. The van der Waals surface area contributed by atoms with Crippen LogP contribution in [-0.2, 0) is 9.53 Å². The molecule has 1 atom stereocenters. The Bertz CT molecular complexity index is 594. The second kappa shape index (κ2) is 6.54. The van der Waals surface area contributed by atoms with Crippen molar-refractivity contribution >= 4 is 12.1 Å². The molecule has 1 aliphatic heterocycles. The number of halogens is 1. The van der Waals surface area contributed by atoms with Gasteiger partial charge in [-0.1, -0.05) is 12.1 Å². The van der Waals surface area contributed by atoms with Crippen LogP contribution in [0, 0.1) is 5.82 Å². The van der Waals surface area contributed by atoms with E-state index < -0.39 is 29.5 Å². The first-order chi connectivity index (χ1) is 10.7. The number of ether oxygens (including phenoxy) is 1. The first-order valence-corrected chi connectivity index (χ1v) is 7.37. The molecule has 1 aromatic carbocycles. The molecule has 6 nitrogen and oxygen atoms in total. The summed E-state index contributed by atoms with van der Waals surface area (Å²) >= 11 is 0. The van der Waals surface area contributed by atoms with E-state index in [2.05, 4.69) is 5.32 Å². The lowest BCUT2D eigenvalue weighted by Crippen LogP contribution is -2.61. The highest BCUT2D eigenvalue weighted by Gasteiger charge is 2.38. The number of hydrogen-bond acceptors (Lipinski definition) is 4. The fourth-order valence-electron chi connectivity index (χ4n) is 2.48. The van der Waals surface area contributed by atoms with Crippen LogP contribution >= 0.6 is 0 Å². The summed E-state index contributed by atoms with van der Waals surface area (Å²) in [5.74, 6) is -1.52. The van der Waals surface area contributed by atoms with Gasteiger partial charge in [-0.15, -0.1) is 0 Å². The van der Waals surface area contributed by atoms with Crippen LogP contribution in [0.25, 0.3) is 0 Å². The van der Waals surface area contributed by atoms with Crippen molar-refractivity contribution in [1.29, 1.82) is 0 Å². The molecule has 0 spiro atoms. The predicted molar refractivity (Wildman–Crippen MR) is 81.5 cm³/mol. The summed E-state index contributed by atoms with van der Waals surface area (Å²) in [4.78, 5) is 24.8. The Balaban J connectivity index is 1.93. The molecular weight excluding hydrogens is 303 g/mol. The van der Waals surface area contributed by atoms with Gasteiger partial charge in [0, 0.05) is 13.1 Å². The SMILES string of the molecule is CC(C)(C)OC(=O)NC1CN(C(C(=O)O)c2cccc(F)c2)C1. The molecule has 0 saturated carbocycles. The number of carbonyl (C=O) groups is 2. The van der Waals surface area contributed by atoms with E-state index in [1.165, 1.54) is 18.2 Å². The van der Waals surface area contributed by atoms with Gasteiger partial charge in [0.2, 0.25) is 0 Å². The van der Waals surface area contributed by atoms with Gasteiger partial charge < -0.3 is 15.2 Å². The van der Waals surface area contributed by atoms with Crippen molar-refractivity contribution in [2.75, 3.05) is 13.1 Å². The highest BCUT2D eigenvalue weighted by Crippen LogP contribution is 2.27. The zero-order chi connectivity index (χ0) is 17.2. The molecule has 1 aromatic rings. The summed E-state index contributed by atoms with van der Waals surface area (Å²) in [6.07, 6.45) is -0.528. The third-order valence-corrected chi connectivity index (χ3v) is 3.39. The Morgan fingerprint density at radius 3 is 2.57 bits per heavy atom. The van der Waals surface area contributed by atoms with E-state index in [0.29, 0.717) is 18.7 Å². The first kappa shape index (κ1) is 17.2. The molecule has 1 saturated heterocycles. The number of aliphatic carboxylic acids is 1. The van der Waals surface area contributed by atoms with Gasteiger partial charge >= 0.3 is 12.1 Å². The molecule has 1 fully saturated rings. The van der Waals surface area contributed by atoms with Crippen LogP contribution < -0.4 is 5.32 Å². The maximum absolute atomic E-state index is 13.3. The zero-order valence-corrected chi connectivity index (χ0v) is 13.4. The van der Waals surface area contributed by atoms with E-state index >= 15 is 0 Å². The summed E-state index contributed by atoms with van der Waals surface area (Å²) in [5, 5.41) is 12.1. The summed E-state index contributed by atoms with van der Waals surface area (Å²) in [5.41, 5.74) is -0.202. The lowest BCUT2D eigenvalue weighted by molar-refractivity contribution is -0.145. The number of rotatable bonds is 4. The topological polar surface area (TPSA) is 78.9 Å². The molecule has 1 heterocycles. The van der Waals surface area contributed by atoms with E-state index in [1.807, 2.05) is 0 Å². The molecule has 0 bridgehead atoms. The summed E-state index contributed by atoms with van der Waals surface area (Å²) < 4.78 is 18.5. The number of amides is 1. The Hall–Kier alpha value is -2.15. The second-order valence-electron chi connectivity index (χ2n) is 6.59. The normalized spacial score (nSPS) is 17.2. The third kappa shape index (κ3) is 4.66. The Labute approximate surface area is 134 Å². The summed E-state index contributed by atoms with van der Waals surface area (Å²) in [7, 11) is 0. The van der Waals surface area contributed by atoms with Crippen molar-refractivity contribution in [1.82, 2.24) is 10.2 Å². The lowest BCUT2D eigenvalue weighted by atomic mass is 9.99. The lowest BCUT2D eigenvalue weighted by Gasteiger charge is -2.42. The van der Waals surface area contributed by atoms with Crippen molar-refractivity contribution in [2.45, 2.75) is 38.5 Å². The van der Waals surface area contributed by atoms with Crippen LogP contribution in [0.5, 0.6) is 0 Å².